The molecule has 0 amide bonds. The standard InChI is InChI=1S/C19H18N2O3/c1-11-10-13(22)8-9-15(11)20-12(2)17-18(23)14-6-4-5-7-16(14)21(3)19(17)24/h4-10,22-23H,1-3H3. The van der Waals surface area contributed by atoms with Crippen LogP contribution in [0.2, 0.25) is 0 Å². The van der Waals surface area contributed by atoms with E-state index in [0.717, 1.165) is 5.56 Å². The molecule has 0 saturated carbocycles. The fraction of sp³-hybridized carbons (Fsp3) is 0.158. The van der Waals surface area contributed by atoms with Crippen molar-refractivity contribution in [2.45, 2.75) is 13.8 Å². The van der Waals surface area contributed by atoms with E-state index in [0.29, 0.717) is 22.3 Å². The van der Waals surface area contributed by atoms with E-state index in [-0.39, 0.29) is 22.6 Å². The van der Waals surface area contributed by atoms with Gasteiger partial charge in [0, 0.05) is 12.4 Å². The molecule has 2 N–H and O–H groups in total. The van der Waals surface area contributed by atoms with Gasteiger partial charge in [0.15, 0.2) is 0 Å². The van der Waals surface area contributed by atoms with Gasteiger partial charge in [-0.25, -0.2) is 0 Å². The first-order valence-electron chi connectivity index (χ1n) is 7.56. The van der Waals surface area contributed by atoms with Crippen LogP contribution in [0.1, 0.15) is 18.1 Å². The Bertz CT molecular complexity index is 1030. The maximum atomic E-state index is 12.7. The molecule has 122 valence electrons. The average molecular weight is 322 g/mol. The highest BCUT2D eigenvalue weighted by atomic mass is 16.3. The van der Waals surface area contributed by atoms with Gasteiger partial charge < -0.3 is 14.8 Å². The first-order valence-corrected chi connectivity index (χ1v) is 7.56. The van der Waals surface area contributed by atoms with Gasteiger partial charge in [-0.15, -0.1) is 0 Å². The number of aromatic nitrogens is 1. The maximum Gasteiger partial charge on any atom is 0.263 e. The Morgan fingerprint density at radius 3 is 2.54 bits per heavy atom. The number of hydrogen-bond donors (Lipinski definition) is 2. The number of nitrogens with zero attached hydrogens (tertiary/aromatic N) is 2. The van der Waals surface area contributed by atoms with Crippen molar-refractivity contribution in [3.63, 3.8) is 0 Å². The van der Waals surface area contributed by atoms with Gasteiger partial charge in [-0.1, -0.05) is 12.1 Å². The highest BCUT2D eigenvalue weighted by Gasteiger charge is 2.17. The summed E-state index contributed by atoms with van der Waals surface area (Å²) in [6, 6.07) is 12.0. The van der Waals surface area contributed by atoms with Gasteiger partial charge >= 0.3 is 0 Å². The van der Waals surface area contributed by atoms with Gasteiger partial charge in [-0.3, -0.25) is 9.79 Å². The van der Waals surface area contributed by atoms with E-state index in [4.69, 9.17) is 0 Å². The molecule has 5 nitrogen and oxygen atoms in total. The van der Waals surface area contributed by atoms with Gasteiger partial charge in [0.25, 0.3) is 5.56 Å². The topological polar surface area (TPSA) is 74.8 Å². The highest BCUT2D eigenvalue weighted by Crippen LogP contribution is 2.28. The summed E-state index contributed by atoms with van der Waals surface area (Å²) < 4.78 is 1.51. The number of phenolic OH excluding ortho intramolecular Hbond substituents is 1. The van der Waals surface area contributed by atoms with E-state index >= 15 is 0 Å². The van der Waals surface area contributed by atoms with Crippen LogP contribution >= 0.6 is 0 Å². The van der Waals surface area contributed by atoms with E-state index in [1.807, 2.05) is 19.1 Å². The van der Waals surface area contributed by atoms with Crippen molar-refractivity contribution in [1.29, 1.82) is 0 Å². The predicted octanol–water partition coefficient (Wildman–Crippen LogP) is 3.40. The second-order valence-corrected chi connectivity index (χ2v) is 5.77. The van der Waals surface area contributed by atoms with E-state index in [1.165, 1.54) is 10.6 Å². The molecule has 1 heterocycles. The van der Waals surface area contributed by atoms with Crippen LogP contribution in [0.5, 0.6) is 11.5 Å². The zero-order chi connectivity index (χ0) is 17.4. The Labute approximate surface area is 139 Å². The second-order valence-electron chi connectivity index (χ2n) is 5.77. The van der Waals surface area contributed by atoms with Crippen molar-refractivity contribution in [2.24, 2.45) is 12.0 Å². The molecule has 0 aliphatic heterocycles. The number of benzene rings is 2. The minimum absolute atomic E-state index is 0.0635. The largest absolute Gasteiger partial charge is 0.508 e. The van der Waals surface area contributed by atoms with Crippen molar-refractivity contribution in [1.82, 2.24) is 4.57 Å². The molecule has 0 atom stereocenters. The number of aliphatic imine (C=N–C) groups is 1. The molecule has 0 spiro atoms. The first-order chi connectivity index (χ1) is 11.4. The van der Waals surface area contributed by atoms with Crippen molar-refractivity contribution < 1.29 is 10.2 Å². The molecule has 3 aromatic rings. The van der Waals surface area contributed by atoms with Crippen LogP contribution < -0.4 is 5.56 Å². The Morgan fingerprint density at radius 1 is 1.12 bits per heavy atom. The van der Waals surface area contributed by atoms with Crippen molar-refractivity contribution in [2.75, 3.05) is 0 Å². The summed E-state index contributed by atoms with van der Waals surface area (Å²) in [6.07, 6.45) is 0. The lowest BCUT2D eigenvalue weighted by atomic mass is 10.1. The van der Waals surface area contributed by atoms with Crippen molar-refractivity contribution >= 4 is 22.3 Å². The molecular formula is C19H18N2O3. The SMILES string of the molecule is CC(=Nc1ccc(O)cc1C)c1c(O)c2ccccc2n(C)c1=O. The van der Waals surface area contributed by atoms with E-state index in [1.54, 1.807) is 38.2 Å². The molecule has 0 radical (unpaired) electrons. The summed E-state index contributed by atoms with van der Waals surface area (Å²) in [5.74, 6) is 0.0972. The molecule has 0 saturated heterocycles. The number of aryl methyl sites for hydroxylation is 2. The van der Waals surface area contributed by atoms with Gasteiger partial charge in [-0.05, 0) is 49.7 Å². The Kier molecular flexibility index (Phi) is 3.85. The molecule has 5 heteroatoms. The van der Waals surface area contributed by atoms with E-state index in [9.17, 15) is 15.0 Å². The number of phenols is 1. The summed E-state index contributed by atoms with van der Waals surface area (Å²) in [5, 5.41) is 20.7. The Hall–Kier alpha value is -3.08. The predicted molar refractivity (Wildman–Crippen MR) is 95.6 cm³/mol. The summed E-state index contributed by atoms with van der Waals surface area (Å²) in [6.45, 7) is 3.52. The molecule has 2 aromatic carbocycles. The van der Waals surface area contributed by atoms with Crippen LogP contribution in [0, 0.1) is 6.92 Å². The van der Waals surface area contributed by atoms with Crippen LogP contribution in [0.15, 0.2) is 52.3 Å². The smallest absolute Gasteiger partial charge is 0.263 e. The van der Waals surface area contributed by atoms with Crippen LogP contribution in [0.4, 0.5) is 5.69 Å². The molecule has 0 bridgehead atoms. The van der Waals surface area contributed by atoms with Crippen LogP contribution in [-0.2, 0) is 7.05 Å². The molecule has 1 aromatic heterocycles. The molecule has 3 rings (SSSR count). The van der Waals surface area contributed by atoms with Gasteiger partial charge in [0.2, 0.25) is 0 Å². The number of aromatic hydroxyl groups is 2. The lowest BCUT2D eigenvalue weighted by Crippen LogP contribution is -2.24. The molecule has 0 aliphatic rings. The Balaban J connectivity index is 2.25. The lowest BCUT2D eigenvalue weighted by Gasteiger charge is -2.12. The summed E-state index contributed by atoms with van der Waals surface area (Å²) in [5.41, 5.74) is 2.39. The third-order valence-corrected chi connectivity index (χ3v) is 4.11. The van der Waals surface area contributed by atoms with Gasteiger partial charge in [0.1, 0.15) is 17.1 Å². The van der Waals surface area contributed by atoms with Crippen molar-refractivity contribution in [3.8, 4) is 11.5 Å². The molecule has 24 heavy (non-hydrogen) atoms. The summed E-state index contributed by atoms with van der Waals surface area (Å²) in [7, 11) is 1.67. The molecule has 0 fully saturated rings. The molecule has 0 aliphatic carbocycles. The van der Waals surface area contributed by atoms with Crippen molar-refractivity contribution in [3.05, 3.63) is 63.9 Å². The zero-order valence-corrected chi connectivity index (χ0v) is 13.7. The average Bonchev–Trinajstić information content (AvgIpc) is 2.55. The highest BCUT2D eigenvalue weighted by molar-refractivity contribution is 6.06. The number of fused-ring (bicyclic) bond motifs is 1. The fourth-order valence-electron chi connectivity index (χ4n) is 2.81. The number of pyridine rings is 1. The normalized spacial score (nSPS) is 11.9. The summed E-state index contributed by atoms with van der Waals surface area (Å²) >= 11 is 0. The number of para-hydroxylation sites is 1. The maximum absolute atomic E-state index is 12.7. The fourth-order valence-corrected chi connectivity index (χ4v) is 2.81. The van der Waals surface area contributed by atoms with Gasteiger partial charge in [0.05, 0.1) is 16.9 Å². The quantitative estimate of drug-likeness (QED) is 0.710. The minimum Gasteiger partial charge on any atom is -0.508 e. The molecule has 0 unspecified atom stereocenters. The number of hydrogen-bond acceptors (Lipinski definition) is 4. The van der Waals surface area contributed by atoms with Gasteiger partial charge in [-0.2, -0.15) is 0 Å². The zero-order valence-electron chi connectivity index (χ0n) is 13.7. The van der Waals surface area contributed by atoms with E-state index in [2.05, 4.69) is 4.99 Å². The van der Waals surface area contributed by atoms with Crippen LogP contribution in [0.3, 0.4) is 0 Å². The molecular weight excluding hydrogens is 304 g/mol. The van der Waals surface area contributed by atoms with Crippen LogP contribution in [0.25, 0.3) is 10.9 Å². The minimum atomic E-state index is -0.302. The lowest BCUT2D eigenvalue weighted by molar-refractivity contribution is 0.475. The Morgan fingerprint density at radius 2 is 1.83 bits per heavy atom. The summed E-state index contributed by atoms with van der Waals surface area (Å²) in [4.78, 5) is 17.1. The monoisotopic (exact) mass is 322 g/mol. The third kappa shape index (κ3) is 2.54. The number of rotatable bonds is 2. The third-order valence-electron chi connectivity index (χ3n) is 4.11. The second kappa shape index (κ2) is 5.85. The van der Waals surface area contributed by atoms with Crippen LogP contribution in [-0.4, -0.2) is 20.5 Å². The van der Waals surface area contributed by atoms with E-state index < -0.39 is 0 Å². The first kappa shape index (κ1) is 15.8.